The van der Waals surface area contributed by atoms with Gasteiger partial charge in [0.2, 0.25) is 0 Å². The van der Waals surface area contributed by atoms with Crippen LogP contribution in [0.15, 0.2) is 42.5 Å². The monoisotopic (exact) mass is 426 g/mol. The van der Waals surface area contributed by atoms with E-state index in [0.717, 1.165) is 55.4 Å². The number of benzene rings is 2. The van der Waals surface area contributed by atoms with Crippen molar-refractivity contribution in [2.45, 2.75) is 56.8 Å². The number of carboxylic acids is 1. The quantitative estimate of drug-likeness (QED) is 0.522. The molecule has 0 amide bonds. The van der Waals surface area contributed by atoms with Crippen LogP contribution in [0, 0.1) is 17.7 Å². The van der Waals surface area contributed by atoms with E-state index in [1.807, 2.05) is 30.3 Å². The average molecular weight is 427 g/mol. The molecule has 0 bridgehead atoms. The van der Waals surface area contributed by atoms with Crippen LogP contribution >= 0.6 is 0 Å². The first-order chi connectivity index (χ1) is 15.0. The molecule has 1 atom stereocenters. The van der Waals surface area contributed by atoms with Crippen LogP contribution in [-0.2, 0) is 4.79 Å². The lowest BCUT2D eigenvalue weighted by atomic mass is 9.79. The molecule has 0 saturated heterocycles. The lowest BCUT2D eigenvalue weighted by molar-refractivity contribution is -0.137. The van der Waals surface area contributed by atoms with E-state index >= 15 is 0 Å². The van der Waals surface area contributed by atoms with Crippen molar-refractivity contribution in [1.82, 2.24) is 0 Å². The molecular weight excluding hydrogens is 395 g/mol. The van der Waals surface area contributed by atoms with Crippen molar-refractivity contribution < 1.29 is 23.8 Å². The van der Waals surface area contributed by atoms with E-state index in [9.17, 15) is 14.3 Å². The number of hydrogen-bond donors (Lipinski definition) is 1. The molecule has 1 unspecified atom stereocenters. The smallest absolute Gasteiger partial charge is 0.303 e. The molecule has 4 nitrogen and oxygen atoms in total. The molecule has 1 N–H and O–H groups in total. The Hall–Kier alpha value is -2.56. The summed E-state index contributed by atoms with van der Waals surface area (Å²) in [6, 6.07) is 12.9. The molecule has 2 aliphatic carbocycles. The molecule has 5 heteroatoms. The topological polar surface area (TPSA) is 55.8 Å². The third-order valence-electron chi connectivity index (χ3n) is 6.85. The molecule has 166 valence electrons. The first-order valence-corrected chi connectivity index (χ1v) is 11.3. The third kappa shape index (κ3) is 5.57. The van der Waals surface area contributed by atoms with Gasteiger partial charge in [-0.25, -0.2) is 4.39 Å². The van der Waals surface area contributed by atoms with E-state index in [4.69, 9.17) is 9.47 Å². The van der Waals surface area contributed by atoms with E-state index < -0.39 is 5.97 Å². The SMILES string of the molecule is COc1ccc(F)c([C@H]2CC[C@H](COc3cccc(C(CC(=O)O)C4CC4)c3)CC2)c1. The second-order valence-electron chi connectivity index (χ2n) is 9.03. The van der Waals surface area contributed by atoms with Crippen molar-refractivity contribution >= 4 is 5.97 Å². The Bertz CT molecular complexity index is 900. The molecule has 2 saturated carbocycles. The number of ether oxygens (including phenoxy) is 2. The molecule has 0 spiro atoms. The van der Waals surface area contributed by atoms with Crippen LogP contribution in [0.4, 0.5) is 4.39 Å². The molecule has 0 aliphatic heterocycles. The van der Waals surface area contributed by atoms with Crippen LogP contribution < -0.4 is 9.47 Å². The molecule has 0 heterocycles. The van der Waals surface area contributed by atoms with Gasteiger partial charge >= 0.3 is 5.97 Å². The maximum Gasteiger partial charge on any atom is 0.303 e. The van der Waals surface area contributed by atoms with Crippen LogP contribution in [0.25, 0.3) is 0 Å². The fourth-order valence-electron chi connectivity index (χ4n) is 4.89. The molecule has 0 aromatic heterocycles. The van der Waals surface area contributed by atoms with E-state index in [-0.39, 0.29) is 24.1 Å². The van der Waals surface area contributed by atoms with E-state index in [1.54, 1.807) is 13.2 Å². The summed E-state index contributed by atoms with van der Waals surface area (Å²) in [5, 5.41) is 9.25. The fraction of sp³-hybridized carbons (Fsp3) is 0.500. The van der Waals surface area contributed by atoms with Crippen LogP contribution in [0.5, 0.6) is 11.5 Å². The number of methoxy groups -OCH3 is 1. The number of carbonyl (C=O) groups is 1. The maximum absolute atomic E-state index is 14.3. The Morgan fingerprint density at radius 1 is 1.06 bits per heavy atom. The number of rotatable bonds is 9. The van der Waals surface area contributed by atoms with Gasteiger partial charge in [0.15, 0.2) is 0 Å². The van der Waals surface area contributed by atoms with Gasteiger partial charge in [-0.05, 0) is 104 Å². The standard InChI is InChI=1S/C26H31FO4/c1-30-21-11-12-25(27)24(14-21)19-7-5-17(6-8-19)16-31-22-4-2-3-20(13-22)23(15-26(28)29)18-9-10-18/h2-4,11-14,17-19,23H,5-10,15-16H2,1H3,(H,28,29)/t17-,19-,23?. The highest BCUT2D eigenvalue weighted by Gasteiger charge is 2.34. The van der Waals surface area contributed by atoms with Gasteiger partial charge in [-0.2, -0.15) is 0 Å². The summed E-state index contributed by atoms with van der Waals surface area (Å²) >= 11 is 0. The Morgan fingerprint density at radius 2 is 1.84 bits per heavy atom. The normalized spacial score (nSPS) is 22.0. The predicted molar refractivity (Wildman–Crippen MR) is 117 cm³/mol. The highest BCUT2D eigenvalue weighted by molar-refractivity contribution is 5.68. The summed E-state index contributed by atoms with van der Waals surface area (Å²) in [7, 11) is 1.61. The van der Waals surface area contributed by atoms with Crippen LogP contribution in [0.1, 0.15) is 67.9 Å². The Balaban J connectivity index is 1.31. The Kier molecular flexibility index (Phi) is 6.79. The summed E-state index contributed by atoms with van der Waals surface area (Å²) in [6.45, 7) is 0.643. The van der Waals surface area contributed by atoms with Gasteiger partial charge in [0.25, 0.3) is 0 Å². The summed E-state index contributed by atoms with van der Waals surface area (Å²) < 4.78 is 25.6. The highest BCUT2D eigenvalue weighted by atomic mass is 19.1. The zero-order valence-corrected chi connectivity index (χ0v) is 18.1. The predicted octanol–water partition coefficient (Wildman–Crippen LogP) is 6.16. The van der Waals surface area contributed by atoms with Gasteiger partial charge in [0.05, 0.1) is 20.1 Å². The molecule has 2 aromatic carbocycles. The number of halogens is 1. The maximum atomic E-state index is 14.3. The van der Waals surface area contributed by atoms with Gasteiger partial charge < -0.3 is 14.6 Å². The van der Waals surface area contributed by atoms with Gasteiger partial charge in [0.1, 0.15) is 17.3 Å². The molecule has 2 aliphatic rings. The minimum absolute atomic E-state index is 0.0780. The fourth-order valence-corrected chi connectivity index (χ4v) is 4.89. The zero-order valence-electron chi connectivity index (χ0n) is 18.1. The lowest BCUT2D eigenvalue weighted by Crippen LogP contribution is -2.20. The van der Waals surface area contributed by atoms with Crippen LogP contribution in [0.3, 0.4) is 0 Å². The van der Waals surface area contributed by atoms with Gasteiger partial charge in [-0.15, -0.1) is 0 Å². The summed E-state index contributed by atoms with van der Waals surface area (Å²) in [4.78, 5) is 11.3. The molecule has 4 rings (SSSR count). The van der Waals surface area contributed by atoms with Crippen LogP contribution in [-0.4, -0.2) is 24.8 Å². The first-order valence-electron chi connectivity index (χ1n) is 11.3. The summed E-state index contributed by atoms with van der Waals surface area (Å²) in [5.41, 5.74) is 1.83. The molecule has 0 radical (unpaired) electrons. The third-order valence-corrected chi connectivity index (χ3v) is 6.85. The van der Waals surface area contributed by atoms with E-state index in [1.165, 1.54) is 6.07 Å². The number of hydrogen-bond acceptors (Lipinski definition) is 3. The lowest BCUT2D eigenvalue weighted by Gasteiger charge is -2.29. The second kappa shape index (κ2) is 9.71. The van der Waals surface area contributed by atoms with Crippen molar-refractivity contribution in [2.75, 3.05) is 13.7 Å². The van der Waals surface area contributed by atoms with E-state index in [2.05, 4.69) is 0 Å². The number of carboxylic acid groups (broad SMARTS) is 1. The zero-order chi connectivity index (χ0) is 21.8. The van der Waals surface area contributed by atoms with Crippen molar-refractivity contribution in [1.29, 1.82) is 0 Å². The van der Waals surface area contributed by atoms with Gasteiger partial charge in [-0.3, -0.25) is 4.79 Å². The molecule has 31 heavy (non-hydrogen) atoms. The minimum atomic E-state index is -0.743. The summed E-state index contributed by atoms with van der Waals surface area (Å²) in [5.74, 6) is 1.87. The van der Waals surface area contributed by atoms with Gasteiger partial charge in [0, 0.05) is 0 Å². The minimum Gasteiger partial charge on any atom is -0.497 e. The molecule has 2 fully saturated rings. The highest BCUT2D eigenvalue weighted by Crippen LogP contribution is 2.45. The average Bonchev–Trinajstić information content (AvgIpc) is 3.62. The Labute approximate surface area is 183 Å². The molecule has 2 aromatic rings. The summed E-state index contributed by atoms with van der Waals surface area (Å²) in [6.07, 6.45) is 6.30. The Morgan fingerprint density at radius 3 is 2.52 bits per heavy atom. The van der Waals surface area contributed by atoms with Gasteiger partial charge in [-0.1, -0.05) is 12.1 Å². The van der Waals surface area contributed by atoms with Crippen molar-refractivity contribution in [2.24, 2.45) is 11.8 Å². The first kappa shape index (κ1) is 21.7. The van der Waals surface area contributed by atoms with E-state index in [0.29, 0.717) is 24.2 Å². The largest absolute Gasteiger partial charge is 0.497 e. The van der Waals surface area contributed by atoms with Crippen LogP contribution in [0.2, 0.25) is 0 Å². The van der Waals surface area contributed by atoms with Crippen molar-refractivity contribution in [3.63, 3.8) is 0 Å². The second-order valence-corrected chi connectivity index (χ2v) is 9.03. The molecular formula is C26H31FO4. The van der Waals surface area contributed by atoms with Crippen molar-refractivity contribution in [3.05, 3.63) is 59.4 Å². The number of aliphatic carboxylic acids is 1. The van der Waals surface area contributed by atoms with Crippen molar-refractivity contribution in [3.8, 4) is 11.5 Å².